The van der Waals surface area contributed by atoms with Gasteiger partial charge in [0.05, 0.1) is 23.6 Å². The van der Waals surface area contributed by atoms with Crippen molar-refractivity contribution in [3.63, 3.8) is 0 Å². The Labute approximate surface area is 110 Å². The Morgan fingerprint density at radius 3 is 2.84 bits per heavy atom. The first kappa shape index (κ1) is 12.9. The molecular formula is C13H14N4O2. The van der Waals surface area contributed by atoms with E-state index in [1.807, 2.05) is 6.07 Å². The SMILES string of the molecule is CN1C(=N)N[C@](C)(c2cc(C#N)ccc2O)CC1=O. The van der Waals surface area contributed by atoms with Gasteiger partial charge in [-0.25, -0.2) is 0 Å². The summed E-state index contributed by atoms with van der Waals surface area (Å²) in [5.41, 5.74) is -0.0519. The fourth-order valence-corrected chi connectivity index (χ4v) is 2.15. The monoisotopic (exact) mass is 258 g/mol. The lowest BCUT2D eigenvalue weighted by atomic mass is 9.85. The summed E-state index contributed by atoms with van der Waals surface area (Å²) in [4.78, 5) is 13.1. The lowest BCUT2D eigenvalue weighted by molar-refractivity contribution is -0.129. The molecule has 1 aromatic carbocycles. The molecule has 0 unspecified atom stereocenters. The Balaban J connectivity index is 2.49. The molecule has 19 heavy (non-hydrogen) atoms. The number of phenolic OH excluding ortho intramolecular Hbond substituents is 1. The molecule has 0 radical (unpaired) electrons. The minimum Gasteiger partial charge on any atom is -0.508 e. The van der Waals surface area contributed by atoms with Gasteiger partial charge in [0.25, 0.3) is 0 Å². The van der Waals surface area contributed by atoms with Gasteiger partial charge in [0.1, 0.15) is 5.75 Å². The Morgan fingerprint density at radius 1 is 1.58 bits per heavy atom. The van der Waals surface area contributed by atoms with Crippen LogP contribution in [0, 0.1) is 16.7 Å². The number of hydrogen-bond donors (Lipinski definition) is 3. The van der Waals surface area contributed by atoms with Crippen molar-refractivity contribution in [2.45, 2.75) is 18.9 Å². The molecule has 1 aliphatic rings. The first-order valence-electron chi connectivity index (χ1n) is 5.74. The van der Waals surface area contributed by atoms with Crippen LogP contribution in [0.25, 0.3) is 0 Å². The van der Waals surface area contributed by atoms with E-state index in [0.29, 0.717) is 11.1 Å². The van der Waals surface area contributed by atoms with E-state index < -0.39 is 5.54 Å². The quantitative estimate of drug-likeness (QED) is 0.695. The van der Waals surface area contributed by atoms with Crippen molar-refractivity contribution in [2.24, 2.45) is 0 Å². The van der Waals surface area contributed by atoms with Gasteiger partial charge in [0.15, 0.2) is 5.96 Å². The summed E-state index contributed by atoms with van der Waals surface area (Å²) >= 11 is 0. The maximum absolute atomic E-state index is 11.9. The summed E-state index contributed by atoms with van der Waals surface area (Å²) in [6.45, 7) is 1.72. The predicted octanol–water partition coefficient (Wildman–Crippen LogP) is 0.866. The summed E-state index contributed by atoms with van der Waals surface area (Å²) in [5, 5.41) is 29.5. The molecule has 1 aliphatic heterocycles. The lowest BCUT2D eigenvalue weighted by Gasteiger charge is -2.39. The Hall–Kier alpha value is -2.55. The van der Waals surface area contributed by atoms with Crippen LogP contribution in [0.1, 0.15) is 24.5 Å². The molecule has 6 heteroatoms. The summed E-state index contributed by atoms with van der Waals surface area (Å²) in [5.74, 6) is -0.243. The van der Waals surface area contributed by atoms with Gasteiger partial charge < -0.3 is 10.4 Å². The molecule has 98 valence electrons. The second-order valence-corrected chi connectivity index (χ2v) is 4.78. The number of nitrogens with one attached hydrogen (secondary N) is 2. The highest BCUT2D eigenvalue weighted by atomic mass is 16.3. The number of carbonyl (C=O) groups excluding carboxylic acids is 1. The number of hydrogen-bond acceptors (Lipinski definition) is 4. The average molecular weight is 258 g/mol. The van der Waals surface area contributed by atoms with E-state index in [-0.39, 0.29) is 24.0 Å². The van der Waals surface area contributed by atoms with Gasteiger partial charge >= 0.3 is 0 Å². The zero-order chi connectivity index (χ0) is 14.2. The summed E-state index contributed by atoms with van der Waals surface area (Å²) in [6.07, 6.45) is 0.105. The zero-order valence-corrected chi connectivity index (χ0v) is 10.7. The highest BCUT2D eigenvalue weighted by Gasteiger charge is 2.39. The van der Waals surface area contributed by atoms with Gasteiger partial charge in [-0.05, 0) is 25.1 Å². The van der Waals surface area contributed by atoms with Crippen molar-refractivity contribution >= 4 is 11.9 Å². The molecule has 0 saturated carbocycles. The zero-order valence-electron chi connectivity index (χ0n) is 10.7. The van der Waals surface area contributed by atoms with Crippen LogP contribution < -0.4 is 5.32 Å². The van der Waals surface area contributed by atoms with Gasteiger partial charge in [-0.15, -0.1) is 0 Å². The van der Waals surface area contributed by atoms with E-state index in [1.54, 1.807) is 6.92 Å². The number of guanidine groups is 1. The van der Waals surface area contributed by atoms with Crippen molar-refractivity contribution in [1.82, 2.24) is 10.2 Å². The number of amides is 1. The molecule has 2 rings (SSSR count). The van der Waals surface area contributed by atoms with Crippen molar-refractivity contribution in [3.05, 3.63) is 29.3 Å². The highest BCUT2D eigenvalue weighted by Crippen LogP contribution is 2.34. The number of rotatable bonds is 1. The number of phenols is 1. The van der Waals surface area contributed by atoms with Crippen LogP contribution in [-0.2, 0) is 10.3 Å². The smallest absolute Gasteiger partial charge is 0.231 e. The van der Waals surface area contributed by atoms with E-state index in [1.165, 1.54) is 30.1 Å². The van der Waals surface area contributed by atoms with Gasteiger partial charge in [0.2, 0.25) is 5.91 Å². The molecule has 1 aromatic rings. The van der Waals surface area contributed by atoms with Gasteiger partial charge in [-0.1, -0.05) is 0 Å². The van der Waals surface area contributed by atoms with E-state index in [9.17, 15) is 9.90 Å². The molecule has 0 bridgehead atoms. The number of nitriles is 1. The highest BCUT2D eigenvalue weighted by molar-refractivity contribution is 5.99. The van der Waals surface area contributed by atoms with Crippen molar-refractivity contribution in [1.29, 1.82) is 10.7 Å². The fraction of sp³-hybridized carbons (Fsp3) is 0.308. The summed E-state index contributed by atoms with van der Waals surface area (Å²) < 4.78 is 0. The number of carbonyl (C=O) groups is 1. The molecule has 1 heterocycles. The largest absolute Gasteiger partial charge is 0.508 e. The minimum absolute atomic E-state index is 0.000784. The number of benzene rings is 1. The number of nitrogens with zero attached hydrogens (tertiary/aromatic N) is 2. The van der Waals surface area contributed by atoms with E-state index in [4.69, 9.17) is 10.7 Å². The maximum atomic E-state index is 11.9. The molecule has 0 aromatic heterocycles. The Morgan fingerprint density at radius 2 is 2.26 bits per heavy atom. The number of aromatic hydroxyl groups is 1. The fourth-order valence-electron chi connectivity index (χ4n) is 2.15. The molecule has 6 nitrogen and oxygen atoms in total. The van der Waals surface area contributed by atoms with Crippen LogP contribution in [0.4, 0.5) is 0 Å². The molecule has 0 spiro atoms. The van der Waals surface area contributed by atoms with Crippen molar-refractivity contribution < 1.29 is 9.90 Å². The maximum Gasteiger partial charge on any atom is 0.231 e. The van der Waals surface area contributed by atoms with E-state index >= 15 is 0 Å². The lowest BCUT2D eigenvalue weighted by Crippen LogP contribution is -2.58. The molecule has 1 fully saturated rings. The van der Waals surface area contributed by atoms with Crippen LogP contribution >= 0.6 is 0 Å². The summed E-state index contributed by atoms with van der Waals surface area (Å²) in [7, 11) is 1.52. The first-order chi connectivity index (χ1) is 8.87. The van der Waals surface area contributed by atoms with Gasteiger partial charge in [-0.2, -0.15) is 5.26 Å². The second kappa shape index (κ2) is 4.28. The topological polar surface area (TPSA) is 100 Å². The van der Waals surface area contributed by atoms with Crippen LogP contribution in [0.5, 0.6) is 5.75 Å². The standard InChI is InChI=1S/C13H14N4O2/c1-13(6-11(19)17(2)12(15)16-13)9-5-8(7-14)3-4-10(9)18/h3-5,18H,6H2,1-2H3,(H2,15,16)/t13-/m0/s1. The van der Waals surface area contributed by atoms with Crippen LogP contribution in [-0.4, -0.2) is 28.9 Å². The molecule has 1 atom stereocenters. The van der Waals surface area contributed by atoms with E-state index in [2.05, 4.69) is 5.32 Å². The second-order valence-electron chi connectivity index (χ2n) is 4.78. The molecule has 1 saturated heterocycles. The van der Waals surface area contributed by atoms with Crippen molar-refractivity contribution in [3.8, 4) is 11.8 Å². The van der Waals surface area contributed by atoms with Gasteiger partial charge in [0, 0.05) is 12.6 Å². The molecule has 0 aliphatic carbocycles. The van der Waals surface area contributed by atoms with Crippen molar-refractivity contribution in [2.75, 3.05) is 7.05 Å². The Bertz CT molecular complexity index is 585. The van der Waals surface area contributed by atoms with E-state index in [0.717, 1.165) is 0 Å². The predicted molar refractivity (Wildman–Crippen MR) is 68.4 cm³/mol. The molecular weight excluding hydrogens is 244 g/mol. The molecule has 1 amide bonds. The third-order valence-electron chi connectivity index (χ3n) is 3.33. The summed E-state index contributed by atoms with van der Waals surface area (Å²) in [6, 6.07) is 6.46. The Kier molecular flexibility index (Phi) is 2.91. The van der Waals surface area contributed by atoms with Crippen LogP contribution in [0.15, 0.2) is 18.2 Å². The van der Waals surface area contributed by atoms with Crippen LogP contribution in [0.3, 0.4) is 0 Å². The van der Waals surface area contributed by atoms with Crippen LogP contribution in [0.2, 0.25) is 0 Å². The third-order valence-corrected chi connectivity index (χ3v) is 3.33. The first-order valence-corrected chi connectivity index (χ1v) is 5.74. The normalized spacial score (nSPS) is 22.9. The minimum atomic E-state index is -0.891. The molecule has 3 N–H and O–H groups in total. The third kappa shape index (κ3) is 2.10. The average Bonchev–Trinajstić information content (AvgIpc) is 2.36. The van der Waals surface area contributed by atoms with Gasteiger partial charge in [-0.3, -0.25) is 15.1 Å².